The molecule has 1 aliphatic heterocycles. The minimum absolute atomic E-state index is 1.32. The molecule has 0 aromatic carbocycles. The molecule has 0 N–H and O–H groups in total. The third-order valence-corrected chi connectivity index (χ3v) is 22.2. The molecule has 27 heavy (non-hydrogen) atoms. The van der Waals surface area contributed by atoms with Crippen molar-refractivity contribution in [2.75, 3.05) is 11.5 Å². The molecule has 0 radical (unpaired) electrons. The van der Waals surface area contributed by atoms with Gasteiger partial charge in [0.25, 0.3) is 0 Å². The highest BCUT2D eigenvalue weighted by Crippen LogP contribution is 2.58. The molecule has 1 fully saturated rings. The van der Waals surface area contributed by atoms with Crippen LogP contribution >= 0.6 is 90.4 Å². The van der Waals surface area contributed by atoms with Crippen molar-refractivity contribution in [3.63, 3.8) is 0 Å². The topological polar surface area (TPSA) is 0 Å². The lowest BCUT2D eigenvalue weighted by Crippen LogP contribution is -1.84. The molecule has 9 heteroatoms. The third-order valence-electron chi connectivity index (χ3n) is 4.47. The molecule has 0 aromatic heterocycles. The summed E-state index contributed by atoms with van der Waals surface area (Å²) >= 11 is 0. The van der Waals surface area contributed by atoms with Gasteiger partial charge in [-0.25, -0.2) is 0 Å². The van der Waals surface area contributed by atoms with E-state index in [9.17, 15) is 0 Å². The zero-order valence-corrected chi connectivity index (χ0v) is 23.8. The fourth-order valence-corrected chi connectivity index (χ4v) is 22.9. The predicted molar refractivity (Wildman–Crippen MR) is 152 cm³/mol. The lowest BCUT2D eigenvalue weighted by atomic mass is 10.0. The summed E-state index contributed by atoms with van der Waals surface area (Å²) in [4.78, 5) is 0. The van der Waals surface area contributed by atoms with E-state index in [-0.39, 0.29) is 0 Å². The molecule has 162 valence electrons. The highest BCUT2D eigenvalue weighted by Gasteiger charge is 1.99. The molecule has 0 spiro atoms. The van der Waals surface area contributed by atoms with Crippen LogP contribution in [0.25, 0.3) is 0 Å². The summed E-state index contributed by atoms with van der Waals surface area (Å²) in [5, 5.41) is 0. The van der Waals surface area contributed by atoms with Gasteiger partial charge in [0, 0.05) is 11.5 Å². The van der Waals surface area contributed by atoms with E-state index in [1.807, 2.05) is 90.4 Å². The normalized spacial score (nSPS) is 24.0. The van der Waals surface area contributed by atoms with E-state index in [1.54, 1.807) is 0 Å². The quantitative estimate of drug-likeness (QED) is 0.272. The maximum atomic E-state index is 2.04. The van der Waals surface area contributed by atoms with Gasteiger partial charge in [-0.2, -0.15) is 0 Å². The van der Waals surface area contributed by atoms with Crippen LogP contribution < -0.4 is 0 Å². The molecule has 0 aliphatic carbocycles. The van der Waals surface area contributed by atoms with E-state index < -0.39 is 0 Å². The fraction of sp³-hybridized carbons (Fsp3) is 1.00. The summed E-state index contributed by atoms with van der Waals surface area (Å²) in [6.07, 6.45) is 23.3. The predicted octanol–water partition coefficient (Wildman–Crippen LogP) is 12.2. The Balaban J connectivity index is 2.00. The molecule has 0 saturated carbocycles. The first-order valence-corrected chi connectivity index (χ1v) is 22.2. The summed E-state index contributed by atoms with van der Waals surface area (Å²) in [5.74, 6) is 2.63. The van der Waals surface area contributed by atoms with Gasteiger partial charge in [0.2, 0.25) is 0 Å². The average Bonchev–Trinajstić information content (AvgIpc) is 2.68. The van der Waals surface area contributed by atoms with Crippen LogP contribution in [-0.4, -0.2) is 11.5 Å². The van der Waals surface area contributed by atoms with Gasteiger partial charge < -0.3 is 0 Å². The minimum Gasteiger partial charge on any atom is -0.0817 e. The van der Waals surface area contributed by atoms with Crippen molar-refractivity contribution in [3.8, 4) is 0 Å². The molecule has 1 rings (SSSR count). The number of hydrogen-bond donors (Lipinski definition) is 0. The van der Waals surface area contributed by atoms with Gasteiger partial charge in [0.15, 0.2) is 0 Å². The Morgan fingerprint density at radius 1 is 0.222 bits per heavy atom. The minimum atomic E-state index is 1.32. The van der Waals surface area contributed by atoms with E-state index >= 15 is 0 Å². The van der Waals surface area contributed by atoms with Gasteiger partial charge in [-0.3, -0.25) is 0 Å². The molecule has 0 bridgehead atoms. The zero-order chi connectivity index (χ0) is 19.1. The second kappa shape index (κ2) is 25.4. The molecule has 0 aromatic rings. The van der Waals surface area contributed by atoms with Gasteiger partial charge in [0.1, 0.15) is 0 Å². The van der Waals surface area contributed by atoms with Crippen molar-refractivity contribution in [2.45, 2.75) is 103 Å². The first-order chi connectivity index (χ1) is 13.5. The fourth-order valence-electron chi connectivity index (χ4n) is 2.96. The Morgan fingerprint density at radius 3 is 0.741 bits per heavy atom. The van der Waals surface area contributed by atoms with Crippen LogP contribution in [0, 0.1) is 0 Å². The average molecular weight is 541 g/mol. The van der Waals surface area contributed by atoms with Crippen LogP contribution in [0.2, 0.25) is 0 Å². The molecule has 0 atom stereocenters. The Hall–Kier alpha value is 3.15. The Kier molecular flexibility index (Phi) is 26.5. The summed E-state index contributed by atoms with van der Waals surface area (Å²) in [5.41, 5.74) is 0. The Bertz CT molecular complexity index is 153. The maximum absolute atomic E-state index is 2.04. The smallest absolute Gasteiger partial charge is 0.00454 e. The molecule has 0 amide bonds. The summed E-state index contributed by atoms with van der Waals surface area (Å²) < 4.78 is 0. The number of rotatable bonds is 0. The van der Waals surface area contributed by atoms with Gasteiger partial charge in [-0.1, -0.05) is 111 Å². The second-order valence-corrected chi connectivity index (χ2v) is 21.9. The van der Waals surface area contributed by atoms with E-state index in [1.165, 1.54) is 114 Å². The molecular formula is C18H36S9. The van der Waals surface area contributed by atoms with Crippen molar-refractivity contribution in [3.05, 3.63) is 0 Å². The van der Waals surface area contributed by atoms with Crippen LogP contribution in [0.4, 0.5) is 0 Å². The van der Waals surface area contributed by atoms with Gasteiger partial charge in [0.05, 0.1) is 0 Å². The molecule has 0 nitrogen and oxygen atoms in total. The molecule has 1 heterocycles. The van der Waals surface area contributed by atoms with E-state index in [2.05, 4.69) is 0 Å². The SMILES string of the molecule is C1CCCCCCCCCSSSSSSSSSCCCCCCCC1. The van der Waals surface area contributed by atoms with Gasteiger partial charge >= 0.3 is 0 Å². The van der Waals surface area contributed by atoms with Crippen LogP contribution in [0.5, 0.6) is 0 Å². The van der Waals surface area contributed by atoms with Crippen LogP contribution in [0.1, 0.15) is 103 Å². The van der Waals surface area contributed by atoms with Crippen LogP contribution in [0.15, 0.2) is 0 Å². The first kappa shape index (κ1) is 28.2. The Labute approximate surface area is 202 Å². The molecule has 1 aliphatic rings. The van der Waals surface area contributed by atoms with Gasteiger partial charge in [-0.05, 0) is 81.6 Å². The summed E-state index contributed by atoms with van der Waals surface area (Å²) in [6.45, 7) is 0. The number of hydrogen-bond acceptors (Lipinski definition) is 9. The van der Waals surface area contributed by atoms with Crippen molar-refractivity contribution >= 4 is 90.4 Å². The lowest BCUT2D eigenvalue weighted by Gasteiger charge is -2.04. The van der Waals surface area contributed by atoms with Crippen molar-refractivity contribution in [2.24, 2.45) is 0 Å². The standard InChI is InChI=1S/C18H36S9/c1-2-4-6-8-10-12-14-16-18-20-22-24-26-27-25-23-21-19-17-15-13-11-9-7-5-3-1/h1-18H2. The van der Waals surface area contributed by atoms with E-state index in [0.29, 0.717) is 0 Å². The molecule has 1 saturated heterocycles. The van der Waals surface area contributed by atoms with Crippen LogP contribution in [0.3, 0.4) is 0 Å². The van der Waals surface area contributed by atoms with Crippen LogP contribution in [-0.2, 0) is 0 Å². The summed E-state index contributed by atoms with van der Waals surface area (Å²) in [6, 6.07) is 0. The Morgan fingerprint density at radius 2 is 0.444 bits per heavy atom. The lowest BCUT2D eigenvalue weighted by molar-refractivity contribution is 0.532. The largest absolute Gasteiger partial charge is 0.0817 e. The van der Waals surface area contributed by atoms with Crippen molar-refractivity contribution in [1.82, 2.24) is 0 Å². The highest BCUT2D eigenvalue weighted by molar-refractivity contribution is 9.51. The van der Waals surface area contributed by atoms with Crippen molar-refractivity contribution in [1.29, 1.82) is 0 Å². The third kappa shape index (κ3) is 23.6. The van der Waals surface area contributed by atoms with E-state index in [4.69, 9.17) is 0 Å². The molecular weight excluding hydrogens is 505 g/mol. The monoisotopic (exact) mass is 540 g/mol. The summed E-state index contributed by atoms with van der Waals surface area (Å²) in [7, 11) is 17.6. The molecule has 0 unspecified atom stereocenters. The highest BCUT2D eigenvalue weighted by atomic mass is 34.0. The van der Waals surface area contributed by atoms with Gasteiger partial charge in [-0.15, -0.1) is 0 Å². The van der Waals surface area contributed by atoms with E-state index in [0.717, 1.165) is 0 Å². The zero-order valence-electron chi connectivity index (χ0n) is 16.4. The maximum Gasteiger partial charge on any atom is 0.00454 e. The first-order valence-electron chi connectivity index (χ1n) is 10.4. The second-order valence-electron chi connectivity index (χ2n) is 6.78. The van der Waals surface area contributed by atoms with Crippen molar-refractivity contribution < 1.29 is 0 Å².